The van der Waals surface area contributed by atoms with Gasteiger partial charge >= 0.3 is 0 Å². The second-order valence-corrected chi connectivity index (χ2v) is 4.51. The van der Waals surface area contributed by atoms with Crippen molar-refractivity contribution in [3.05, 3.63) is 35.4 Å². The van der Waals surface area contributed by atoms with E-state index in [2.05, 4.69) is 0 Å². The highest BCUT2D eigenvalue weighted by molar-refractivity contribution is 6.22. The fraction of sp³-hybridized carbons (Fsp3) is 0.231. The average Bonchev–Trinajstić information content (AvgIpc) is 2.54. The number of ether oxygens (including phenoxy) is 2. The Bertz CT molecular complexity index is 532. The van der Waals surface area contributed by atoms with Gasteiger partial charge < -0.3 is 9.47 Å². The fourth-order valence-electron chi connectivity index (χ4n) is 2.01. The van der Waals surface area contributed by atoms with Crippen molar-refractivity contribution in [2.24, 2.45) is 0 Å². The summed E-state index contributed by atoms with van der Waals surface area (Å²) in [5, 5.41) is 0. The van der Waals surface area contributed by atoms with E-state index in [9.17, 15) is 9.59 Å². The van der Waals surface area contributed by atoms with Gasteiger partial charge in [0.1, 0.15) is 0 Å². The maximum absolute atomic E-state index is 11.7. The first-order valence-electron chi connectivity index (χ1n) is 5.29. The Balaban J connectivity index is 2.18. The minimum absolute atomic E-state index is 0.185. The maximum Gasteiger partial charge on any atom is 0.246 e. The van der Waals surface area contributed by atoms with Crippen LogP contribution >= 0.6 is 0 Å². The third-order valence-electron chi connectivity index (χ3n) is 2.71. The van der Waals surface area contributed by atoms with E-state index in [4.69, 9.17) is 9.47 Å². The van der Waals surface area contributed by atoms with Crippen molar-refractivity contribution in [1.82, 2.24) is 0 Å². The van der Waals surface area contributed by atoms with Gasteiger partial charge in [0.05, 0.1) is 0 Å². The van der Waals surface area contributed by atoms with E-state index in [1.165, 1.54) is 12.2 Å². The molecule has 0 fully saturated rings. The molecule has 0 N–H and O–H groups in total. The second kappa shape index (κ2) is 2.97. The highest BCUT2D eigenvalue weighted by atomic mass is 16.7. The van der Waals surface area contributed by atoms with E-state index in [1.807, 2.05) is 0 Å². The third-order valence-corrected chi connectivity index (χ3v) is 2.71. The molecule has 0 radical (unpaired) electrons. The van der Waals surface area contributed by atoms with Crippen LogP contribution in [0.1, 0.15) is 34.6 Å². The molecule has 1 aliphatic carbocycles. The molecule has 3 rings (SSSR count). The van der Waals surface area contributed by atoms with E-state index < -0.39 is 5.79 Å². The monoisotopic (exact) mass is 230 g/mol. The number of hydrogen-bond acceptors (Lipinski definition) is 4. The molecule has 0 saturated heterocycles. The van der Waals surface area contributed by atoms with E-state index in [0.717, 1.165) is 0 Å². The van der Waals surface area contributed by atoms with Crippen LogP contribution in [0.4, 0.5) is 0 Å². The average molecular weight is 230 g/mol. The molecule has 4 nitrogen and oxygen atoms in total. The van der Waals surface area contributed by atoms with Gasteiger partial charge in [0.2, 0.25) is 5.79 Å². The van der Waals surface area contributed by atoms with Crippen LogP contribution in [-0.2, 0) is 0 Å². The molecule has 1 heterocycles. The maximum atomic E-state index is 11.7. The zero-order chi connectivity index (χ0) is 12.2. The summed E-state index contributed by atoms with van der Waals surface area (Å²) in [6.07, 6.45) is 2.55. The number of ketones is 2. The zero-order valence-electron chi connectivity index (χ0n) is 9.44. The summed E-state index contributed by atoms with van der Waals surface area (Å²) in [6.45, 7) is 3.54. The van der Waals surface area contributed by atoms with E-state index in [0.29, 0.717) is 22.6 Å². The third kappa shape index (κ3) is 1.45. The Labute approximate surface area is 97.8 Å². The summed E-state index contributed by atoms with van der Waals surface area (Å²) in [5.74, 6) is -0.118. The number of benzene rings is 1. The second-order valence-electron chi connectivity index (χ2n) is 4.51. The number of hydrogen-bond donors (Lipinski definition) is 0. The molecule has 0 saturated carbocycles. The number of allylic oxidation sites excluding steroid dienone is 2. The summed E-state index contributed by atoms with van der Waals surface area (Å²) >= 11 is 0. The molecular formula is C13H10O4. The Kier molecular flexibility index (Phi) is 1.76. The quantitative estimate of drug-likeness (QED) is 0.685. The summed E-state index contributed by atoms with van der Waals surface area (Å²) in [7, 11) is 0. The Hall–Kier alpha value is -2.10. The number of fused-ring (bicyclic) bond motifs is 2. The minimum atomic E-state index is -0.758. The topological polar surface area (TPSA) is 52.6 Å². The number of rotatable bonds is 0. The Morgan fingerprint density at radius 1 is 0.882 bits per heavy atom. The highest BCUT2D eigenvalue weighted by Crippen LogP contribution is 2.41. The molecule has 4 heteroatoms. The Morgan fingerprint density at radius 3 is 1.71 bits per heavy atom. The lowest BCUT2D eigenvalue weighted by atomic mass is 9.94. The van der Waals surface area contributed by atoms with Crippen LogP contribution in [0.2, 0.25) is 0 Å². The standard InChI is InChI=1S/C13H10O4/c1-13(2)16-11-5-7-8(6-12(11)17-13)10(15)4-3-9(7)14/h3-6H,1-2H3. The SMILES string of the molecule is CC1(C)Oc2cc3c(cc2O1)C(=O)C=CC3=O. The van der Waals surface area contributed by atoms with Crippen molar-refractivity contribution >= 4 is 11.6 Å². The largest absolute Gasteiger partial charge is 0.449 e. The summed E-state index contributed by atoms with van der Waals surface area (Å²) in [5.41, 5.74) is 0.745. The van der Waals surface area contributed by atoms with Gasteiger partial charge in [-0.1, -0.05) is 0 Å². The smallest absolute Gasteiger partial charge is 0.246 e. The van der Waals surface area contributed by atoms with Crippen LogP contribution in [-0.4, -0.2) is 17.4 Å². The van der Waals surface area contributed by atoms with Crippen molar-refractivity contribution in [1.29, 1.82) is 0 Å². The van der Waals surface area contributed by atoms with Gasteiger partial charge in [-0.05, 0) is 24.3 Å². The molecule has 0 spiro atoms. The molecular weight excluding hydrogens is 220 g/mol. The van der Waals surface area contributed by atoms with Crippen molar-refractivity contribution in [2.45, 2.75) is 19.6 Å². The summed E-state index contributed by atoms with van der Waals surface area (Å²) in [4.78, 5) is 23.3. The van der Waals surface area contributed by atoms with E-state index >= 15 is 0 Å². The normalized spacial score (nSPS) is 19.4. The summed E-state index contributed by atoms with van der Waals surface area (Å²) in [6, 6.07) is 3.15. The molecule has 2 aliphatic rings. The van der Waals surface area contributed by atoms with Gasteiger partial charge in [0.25, 0.3) is 0 Å². The van der Waals surface area contributed by atoms with Crippen LogP contribution < -0.4 is 9.47 Å². The van der Waals surface area contributed by atoms with Gasteiger partial charge in [0, 0.05) is 25.0 Å². The molecule has 1 aliphatic heterocycles. The van der Waals surface area contributed by atoms with Crippen LogP contribution in [0, 0.1) is 0 Å². The van der Waals surface area contributed by atoms with Gasteiger partial charge in [-0.3, -0.25) is 9.59 Å². The van der Waals surface area contributed by atoms with Crippen molar-refractivity contribution in [3.63, 3.8) is 0 Å². The van der Waals surface area contributed by atoms with Gasteiger partial charge in [-0.2, -0.15) is 0 Å². The zero-order valence-corrected chi connectivity index (χ0v) is 9.44. The lowest BCUT2D eigenvalue weighted by Gasteiger charge is -2.16. The van der Waals surface area contributed by atoms with Crippen molar-refractivity contribution in [2.75, 3.05) is 0 Å². The van der Waals surface area contributed by atoms with Crippen LogP contribution in [0.3, 0.4) is 0 Å². The lowest BCUT2D eigenvalue weighted by molar-refractivity contribution is -0.0431. The van der Waals surface area contributed by atoms with Crippen molar-refractivity contribution in [3.8, 4) is 11.5 Å². The van der Waals surface area contributed by atoms with Crippen LogP contribution in [0.15, 0.2) is 24.3 Å². The van der Waals surface area contributed by atoms with Gasteiger partial charge in [0.15, 0.2) is 23.1 Å². The van der Waals surface area contributed by atoms with Crippen molar-refractivity contribution < 1.29 is 19.1 Å². The first-order chi connectivity index (χ1) is 7.96. The van der Waals surface area contributed by atoms with E-state index in [-0.39, 0.29) is 11.6 Å². The van der Waals surface area contributed by atoms with E-state index in [1.54, 1.807) is 26.0 Å². The number of carbonyl (C=O) groups is 2. The minimum Gasteiger partial charge on any atom is -0.449 e. The van der Waals surface area contributed by atoms with Crippen LogP contribution in [0.25, 0.3) is 0 Å². The molecule has 0 atom stereocenters. The number of carbonyl (C=O) groups excluding carboxylic acids is 2. The molecule has 0 amide bonds. The molecule has 0 bridgehead atoms. The van der Waals surface area contributed by atoms with Gasteiger partial charge in [-0.25, -0.2) is 0 Å². The van der Waals surface area contributed by atoms with Crippen LogP contribution in [0.5, 0.6) is 11.5 Å². The first-order valence-corrected chi connectivity index (χ1v) is 5.29. The predicted molar refractivity (Wildman–Crippen MR) is 59.6 cm³/mol. The molecule has 1 aromatic carbocycles. The fourth-order valence-corrected chi connectivity index (χ4v) is 2.01. The Morgan fingerprint density at radius 2 is 1.29 bits per heavy atom. The molecule has 17 heavy (non-hydrogen) atoms. The summed E-state index contributed by atoms with van der Waals surface area (Å²) < 4.78 is 11.1. The molecule has 0 aromatic heterocycles. The lowest BCUT2D eigenvalue weighted by Crippen LogP contribution is -2.29. The highest BCUT2D eigenvalue weighted by Gasteiger charge is 2.34. The first kappa shape index (κ1) is 10.1. The molecule has 0 unspecified atom stereocenters. The molecule has 86 valence electrons. The molecule has 1 aromatic rings. The predicted octanol–water partition coefficient (Wildman–Crippen LogP) is 2.13. The van der Waals surface area contributed by atoms with Gasteiger partial charge in [-0.15, -0.1) is 0 Å².